The predicted octanol–water partition coefficient (Wildman–Crippen LogP) is 3.19. The third-order valence-corrected chi connectivity index (χ3v) is 6.70. The molecule has 176 valence electrons. The third-order valence-electron chi connectivity index (χ3n) is 5.32. The molecule has 0 fully saturated rings. The van der Waals surface area contributed by atoms with Crippen LogP contribution in [-0.2, 0) is 21.2 Å². The number of nitrogens with one attached hydrogen (secondary N) is 3. The van der Waals surface area contributed by atoms with E-state index in [1.807, 2.05) is 6.07 Å². The highest BCUT2D eigenvalue weighted by Gasteiger charge is 2.17. The molecular weight excluding hydrogens is 470 g/mol. The van der Waals surface area contributed by atoms with Gasteiger partial charge in [-0.2, -0.15) is 10.4 Å². The van der Waals surface area contributed by atoms with E-state index in [0.29, 0.717) is 35.6 Å². The highest BCUT2D eigenvalue weighted by Crippen LogP contribution is 2.31. The van der Waals surface area contributed by atoms with Crippen molar-refractivity contribution in [1.29, 1.82) is 5.26 Å². The Bertz CT molecular complexity index is 1590. The van der Waals surface area contributed by atoms with Gasteiger partial charge in [0.15, 0.2) is 17.3 Å². The van der Waals surface area contributed by atoms with E-state index in [0.717, 1.165) is 5.56 Å². The summed E-state index contributed by atoms with van der Waals surface area (Å²) in [4.78, 5) is 12.6. The Labute approximate surface area is 200 Å². The number of carbonyl (C=O) groups excluding carboxylic acids is 1. The molecule has 3 aromatic carbocycles. The molecule has 3 N–H and O–H groups in total. The Hall–Kier alpha value is -4.56. The fraction of sp³-hybridized carbons (Fsp3) is 0.125. The molecule has 0 aliphatic carbocycles. The molecular formula is C24H19N5O5S. The van der Waals surface area contributed by atoms with Gasteiger partial charge in [-0.1, -0.05) is 12.1 Å². The Morgan fingerprint density at radius 2 is 1.89 bits per heavy atom. The van der Waals surface area contributed by atoms with Crippen molar-refractivity contribution in [3.8, 4) is 17.6 Å². The van der Waals surface area contributed by atoms with Gasteiger partial charge in [0.1, 0.15) is 13.2 Å². The molecule has 0 bridgehead atoms. The van der Waals surface area contributed by atoms with Crippen LogP contribution in [0.15, 0.2) is 65.6 Å². The highest BCUT2D eigenvalue weighted by atomic mass is 32.2. The lowest BCUT2D eigenvalue weighted by Crippen LogP contribution is -2.17. The zero-order valence-corrected chi connectivity index (χ0v) is 19.1. The van der Waals surface area contributed by atoms with Gasteiger partial charge in [0.05, 0.1) is 28.5 Å². The molecule has 11 heteroatoms. The number of benzene rings is 3. The van der Waals surface area contributed by atoms with Crippen molar-refractivity contribution < 1.29 is 22.7 Å². The summed E-state index contributed by atoms with van der Waals surface area (Å²) in [5.41, 5.74) is 1.89. The van der Waals surface area contributed by atoms with Gasteiger partial charge < -0.3 is 14.8 Å². The van der Waals surface area contributed by atoms with Crippen LogP contribution in [0.3, 0.4) is 0 Å². The number of amides is 1. The van der Waals surface area contributed by atoms with Gasteiger partial charge in [-0.15, -0.1) is 0 Å². The Kier molecular flexibility index (Phi) is 5.72. The first kappa shape index (κ1) is 22.2. The second-order valence-electron chi connectivity index (χ2n) is 7.78. The number of aromatic nitrogens is 2. The molecule has 4 aromatic rings. The first-order chi connectivity index (χ1) is 16.9. The molecule has 10 nitrogen and oxygen atoms in total. The molecule has 35 heavy (non-hydrogen) atoms. The van der Waals surface area contributed by atoms with Crippen molar-refractivity contribution in [3.05, 3.63) is 71.8 Å². The molecule has 0 unspecified atom stereocenters. The predicted molar refractivity (Wildman–Crippen MR) is 128 cm³/mol. The summed E-state index contributed by atoms with van der Waals surface area (Å²) in [5.74, 6) is 1.22. The molecule has 0 spiro atoms. The van der Waals surface area contributed by atoms with E-state index in [4.69, 9.17) is 14.7 Å². The smallest absolute Gasteiger partial charge is 0.261 e. The molecule has 2 heterocycles. The maximum absolute atomic E-state index is 12.8. The number of hydrogen-bond donors (Lipinski definition) is 3. The van der Waals surface area contributed by atoms with Crippen LogP contribution in [0.25, 0.3) is 10.9 Å². The number of ether oxygens (including phenoxy) is 2. The van der Waals surface area contributed by atoms with Crippen molar-refractivity contribution in [2.75, 3.05) is 23.3 Å². The lowest BCUT2D eigenvalue weighted by atomic mass is 10.1. The van der Waals surface area contributed by atoms with Gasteiger partial charge in [-0.3, -0.25) is 14.6 Å². The Morgan fingerprint density at radius 1 is 1.06 bits per heavy atom. The number of sulfonamides is 1. The second kappa shape index (κ2) is 9.00. The Morgan fingerprint density at radius 3 is 2.71 bits per heavy atom. The van der Waals surface area contributed by atoms with E-state index >= 15 is 0 Å². The monoisotopic (exact) mass is 489 g/mol. The molecule has 0 atom stereocenters. The molecule has 1 aromatic heterocycles. The number of H-pyrrole nitrogens is 1. The summed E-state index contributed by atoms with van der Waals surface area (Å²) in [6, 6.07) is 17.8. The van der Waals surface area contributed by atoms with Gasteiger partial charge in [0.2, 0.25) is 5.91 Å². The van der Waals surface area contributed by atoms with Crippen LogP contribution in [0.2, 0.25) is 0 Å². The number of fused-ring (bicyclic) bond motifs is 2. The Balaban J connectivity index is 1.33. The fourth-order valence-electron chi connectivity index (χ4n) is 3.68. The van der Waals surface area contributed by atoms with E-state index in [2.05, 4.69) is 20.2 Å². The van der Waals surface area contributed by atoms with E-state index < -0.39 is 10.0 Å². The lowest BCUT2D eigenvalue weighted by molar-refractivity contribution is -0.115. The second-order valence-corrected chi connectivity index (χ2v) is 9.46. The summed E-state index contributed by atoms with van der Waals surface area (Å²) in [6.45, 7) is 0.946. The summed E-state index contributed by atoms with van der Waals surface area (Å²) >= 11 is 0. The average Bonchev–Trinajstić information content (AvgIpc) is 3.25. The van der Waals surface area contributed by atoms with Crippen LogP contribution < -0.4 is 19.5 Å². The number of nitriles is 1. The molecule has 0 saturated heterocycles. The van der Waals surface area contributed by atoms with Crippen LogP contribution in [-0.4, -0.2) is 37.7 Å². The number of hydrogen-bond acceptors (Lipinski definition) is 7. The van der Waals surface area contributed by atoms with Crippen molar-refractivity contribution in [2.24, 2.45) is 0 Å². The van der Waals surface area contributed by atoms with Crippen LogP contribution in [0.4, 0.5) is 11.5 Å². The number of rotatable bonds is 6. The van der Waals surface area contributed by atoms with Gasteiger partial charge >= 0.3 is 0 Å². The molecule has 5 rings (SSSR count). The summed E-state index contributed by atoms with van der Waals surface area (Å²) < 4.78 is 39.1. The highest BCUT2D eigenvalue weighted by molar-refractivity contribution is 7.92. The first-order valence-electron chi connectivity index (χ1n) is 10.6. The maximum Gasteiger partial charge on any atom is 0.261 e. The normalized spacial score (nSPS) is 12.7. The van der Waals surface area contributed by atoms with Crippen molar-refractivity contribution in [2.45, 2.75) is 11.3 Å². The van der Waals surface area contributed by atoms with Gasteiger partial charge in [-0.05, 0) is 54.1 Å². The van der Waals surface area contributed by atoms with E-state index in [9.17, 15) is 13.2 Å². The quantitative estimate of drug-likeness (QED) is 0.377. The molecule has 0 radical (unpaired) electrons. The molecule has 1 amide bonds. The van der Waals surface area contributed by atoms with E-state index in [1.54, 1.807) is 36.4 Å². The average molecular weight is 490 g/mol. The van der Waals surface area contributed by atoms with Crippen LogP contribution in [0.5, 0.6) is 11.5 Å². The first-order valence-corrected chi connectivity index (χ1v) is 12.1. The lowest BCUT2D eigenvalue weighted by Gasteiger charge is -2.18. The molecule has 1 aliphatic heterocycles. The third kappa shape index (κ3) is 4.73. The summed E-state index contributed by atoms with van der Waals surface area (Å²) in [5, 5.41) is 19.3. The minimum absolute atomic E-state index is 0.0307. The summed E-state index contributed by atoms with van der Waals surface area (Å²) in [6.07, 6.45) is 0.0898. The van der Waals surface area contributed by atoms with Crippen molar-refractivity contribution in [3.63, 3.8) is 0 Å². The minimum Gasteiger partial charge on any atom is -0.486 e. The van der Waals surface area contributed by atoms with Crippen LogP contribution in [0, 0.1) is 11.3 Å². The SMILES string of the molecule is N#Cc1cccc(S(=O)(=O)Nc2ccc3[nH]nc(NC(=O)Cc4ccc5c(c4)OCCO5)c3c2)c1. The topological polar surface area (TPSA) is 146 Å². The fourth-order valence-corrected chi connectivity index (χ4v) is 4.77. The van der Waals surface area contributed by atoms with Crippen LogP contribution >= 0.6 is 0 Å². The zero-order valence-electron chi connectivity index (χ0n) is 18.2. The molecule has 0 saturated carbocycles. The number of nitrogens with zero attached hydrogens (tertiary/aromatic N) is 2. The van der Waals surface area contributed by atoms with E-state index in [-0.39, 0.29) is 34.3 Å². The standard InChI is InChI=1S/C24H19N5O5S/c25-14-16-2-1-3-18(10-16)35(31,32)29-17-5-6-20-19(13-17)24(28-27-20)26-23(30)12-15-4-7-21-22(11-15)34-9-8-33-21/h1-7,10-11,13,29H,8-9,12H2,(H2,26,27,28,30). The van der Waals surface area contributed by atoms with Gasteiger partial charge in [-0.25, -0.2) is 8.42 Å². The van der Waals surface area contributed by atoms with Crippen LogP contribution in [0.1, 0.15) is 11.1 Å². The number of carbonyl (C=O) groups is 1. The molecule has 1 aliphatic rings. The maximum atomic E-state index is 12.8. The minimum atomic E-state index is -3.92. The zero-order chi connectivity index (χ0) is 24.4. The summed E-state index contributed by atoms with van der Waals surface area (Å²) in [7, 11) is -3.92. The van der Waals surface area contributed by atoms with Crippen molar-refractivity contribution in [1.82, 2.24) is 10.2 Å². The van der Waals surface area contributed by atoms with Gasteiger partial charge in [0, 0.05) is 11.1 Å². The van der Waals surface area contributed by atoms with E-state index in [1.165, 1.54) is 24.3 Å². The van der Waals surface area contributed by atoms with Gasteiger partial charge in [0.25, 0.3) is 10.0 Å². The largest absolute Gasteiger partial charge is 0.486 e. The number of aromatic amines is 1. The van der Waals surface area contributed by atoms with Crippen molar-refractivity contribution >= 4 is 38.3 Å². The number of anilines is 2.